The first-order valence-corrected chi connectivity index (χ1v) is 7.66. The SMILES string of the molecule is CCCCC(CC)(CN)N(C)Cc1ccc(OC)cc1. The fourth-order valence-corrected chi connectivity index (χ4v) is 2.72. The van der Waals surface area contributed by atoms with Gasteiger partial charge in [0.1, 0.15) is 5.75 Å². The molecule has 0 aliphatic rings. The van der Waals surface area contributed by atoms with Crippen molar-refractivity contribution in [3.63, 3.8) is 0 Å². The molecule has 0 amide bonds. The van der Waals surface area contributed by atoms with Gasteiger partial charge in [-0.1, -0.05) is 38.8 Å². The summed E-state index contributed by atoms with van der Waals surface area (Å²) in [6, 6.07) is 8.30. The van der Waals surface area contributed by atoms with E-state index in [-0.39, 0.29) is 5.54 Å². The molecule has 0 aliphatic carbocycles. The van der Waals surface area contributed by atoms with E-state index in [1.165, 1.54) is 24.8 Å². The van der Waals surface area contributed by atoms with Crippen LogP contribution in [0.5, 0.6) is 5.75 Å². The number of hydrogen-bond acceptors (Lipinski definition) is 3. The summed E-state index contributed by atoms with van der Waals surface area (Å²) >= 11 is 0. The predicted molar refractivity (Wildman–Crippen MR) is 86.1 cm³/mol. The van der Waals surface area contributed by atoms with Gasteiger partial charge in [-0.05, 0) is 37.6 Å². The van der Waals surface area contributed by atoms with Crippen molar-refractivity contribution in [2.75, 3.05) is 20.7 Å². The topological polar surface area (TPSA) is 38.5 Å². The number of nitrogens with zero attached hydrogens (tertiary/aromatic N) is 1. The second kappa shape index (κ2) is 8.28. The third kappa shape index (κ3) is 4.22. The normalized spacial score (nSPS) is 14.3. The maximum atomic E-state index is 6.10. The first-order valence-electron chi connectivity index (χ1n) is 7.66. The third-order valence-corrected chi connectivity index (χ3v) is 4.42. The lowest BCUT2D eigenvalue weighted by atomic mass is 9.87. The minimum atomic E-state index is 0.121. The van der Waals surface area contributed by atoms with Gasteiger partial charge in [-0.3, -0.25) is 4.90 Å². The molecule has 1 rings (SSSR count). The van der Waals surface area contributed by atoms with E-state index in [0.29, 0.717) is 0 Å². The molecule has 2 N–H and O–H groups in total. The molecule has 0 heterocycles. The van der Waals surface area contributed by atoms with Crippen LogP contribution in [0, 0.1) is 0 Å². The third-order valence-electron chi connectivity index (χ3n) is 4.42. The van der Waals surface area contributed by atoms with Gasteiger partial charge in [-0.2, -0.15) is 0 Å². The average molecular weight is 278 g/mol. The minimum absolute atomic E-state index is 0.121. The second-order valence-electron chi connectivity index (χ2n) is 5.59. The molecule has 0 aliphatic heterocycles. The summed E-state index contributed by atoms with van der Waals surface area (Å²) in [4.78, 5) is 2.42. The Bertz CT molecular complexity index is 371. The van der Waals surface area contributed by atoms with Gasteiger partial charge in [0.15, 0.2) is 0 Å². The Morgan fingerprint density at radius 1 is 1.20 bits per heavy atom. The average Bonchev–Trinajstić information content (AvgIpc) is 2.49. The van der Waals surface area contributed by atoms with Gasteiger partial charge in [-0.15, -0.1) is 0 Å². The van der Waals surface area contributed by atoms with Crippen molar-refractivity contribution >= 4 is 0 Å². The summed E-state index contributed by atoms with van der Waals surface area (Å²) in [5, 5.41) is 0. The molecular weight excluding hydrogens is 248 g/mol. The van der Waals surface area contributed by atoms with Crippen molar-refractivity contribution in [2.45, 2.75) is 51.6 Å². The van der Waals surface area contributed by atoms with Gasteiger partial charge in [0.2, 0.25) is 0 Å². The number of likely N-dealkylation sites (N-methyl/N-ethyl adjacent to an activating group) is 1. The molecule has 1 unspecified atom stereocenters. The van der Waals surface area contributed by atoms with E-state index < -0.39 is 0 Å². The summed E-state index contributed by atoms with van der Waals surface area (Å²) in [6.45, 7) is 6.13. The van der Waals surface area contributed by atoms with Crippen molar-refractivity contribution in [3.05, 3.63) is 29.8 Å². The number of benzene rings is 1. The molecule has 0 fully saturated rings. The molecule has 0 spiro atoms. The number of hydrogen-bond donors (Lipinski definition) is 1. The van der Waals surface area contributed by atoms with Crippen molar-refractivity contribution in [2.24, 2.45) is 5.73 Å². The molecule has 1 aromatic rings. The summed E-state index contributed by atoms with van der Waals surface area (Å²) in [6.07, 6.45) is 4.72. The summed E-state index contributed by atoms with van der Waals surface area (Å²) in [5.41, 5.74) is 7.52. The lowest BCUT2D eigenvalue weighted by Gasteiger charge is -2.41. The number of rotatable bonds is 9. The van der Waals surface area contributed by atoms with Crippen LogP contribution in [-0.4, -0.2) is 31.1 Å². The van der Waals surface area contributed by atoms with E-state index in [1.54, 1.807) is 7.11 Å². The summed E-state index contributed by atoms with van der Waals surface area (Å²) in [5.74, 6) is 0.906. The smallest absolute Gasteiger partial charge is 0.118 e. The molecule has 0 saturated heterocycles. The van der Waals surface area contributed by atoms with E-state index >= 15 is 0 Å². The molecule has 114 valence electrons. The molecule has 3 nitrogen and oxygen atoms in total. The molecule has 1 atom stereocenters. The number of methoxy groups -OCH3 is 1. The molecule has 1 aromatic carbocycles. The maximum Gasteiger partial charge on any atom is 0.118 e. The largest absolute Gasteiger partial charge is 0.497 e. The molecule has 20 heavy (non-hydrogen) atoms. The highest BCUT2D eigenvalue weighted by Gasteiger charge is 2.30. The Kier molecular flexibility index (Phi) is 7.03. The first kappa shape index (κ1) is 17.0. The van der Waals surface area contributed by atoms with Gasteiger partial charge in [-0.25, -0.2) is 0 Å². The van der Waals surface area contributed by atoms with Crippen molar-refractivity contribution in [1.82, 2.24) is 4.90 Å². The molecular formula is C17H30N2O. The Morgan fingerprint density at radius 3 is 2.30 bits per heavy atom. The minimum Gasteiger partial charge on any atom is -0.497 e. The van der Waals surface area contributed by atoms with Crippen molar-refractivity contribution in [1.29, 1.82) is 0 Å². The second-order valence-corrected chi connectivity index (χ2v) is 5.59. The van der Waals surface area contributed by atoms with E-state index in [2.05, 4.69) is 37.9 Å². The monoisotopic (exact) mass is 278 g/mol. The molecule has 0 bridgehead atoms. The van der Waals surface area contributed by atoms with Gasteiger partial charge in [0, 0.05) is 18.6 Å². The number of unbranched alkanes of at least 4 members (excludes halogenated alkanes) is 1. The van der Waals surface area contributed by atoms with Crippen molar-refractivity contribution < 1.29 is 4.74 Å². The Balaban J connectivity index is 2.75. The predicted octanol–water partition coefficient (Wildman–Crippen LogP) is 3.42. The van der Waals surface area contributed by atoms with E-state index in [1.807, 2.05) is 12.1 Å². The first-order chi connectivity index (χ1) is 9.61. The van der Waals surface area contributed by atoms with Gasteiger partial charge >= 0.3 is 0 Å². The maximum absolute atomic E-state index is 6.10. The zero-order chi connectivity index (χ0) is 15.0. The van der Waals surface area contributed by atoms with Gasteiger partial charge in [0.25, 0.3) is 0 Å². The zero-order valence-corrected chi connectivity index (χ0v) is 13.5. The van der Waals surface area contributed by atoms with Crippen molar-refractivity contribution in [3.8, 4) is 5.75 Å². The highest BCUT2D eigenvalue weighted by molar-refractivity contribution is 5.27. The summed E-state index contributed by atoms with van der Waals surface area (Å²) < 4.78 is 5.20. The summed E-state index contributed by atoms with van der Waals surface area (Å²) in [7, 11) is 3.89. The van der Waals surface area contributed by atoms with Crippen LogP contribution in [-0.2, 0) is 6.54 Å². The van der Waals surface area contributed by atoms with E-state index in [0.717, 1.165) is 25.3 Å². The highest BCUT2D eigenvalue weighted by atomic mass is 16.5. The molecule has 0 aromatic heterocycles. The van der Waals surface area contributed by atoms with Crippen LogP contribution < -0.4 is 10.5 Å². The van der Waals surface area contributed by atoms with Crippen LogP contribution in [0.25, 0.3) is 0 Å². The molecule has 3 heteroatoms. The van der Waals surface area contributed by atoms with Gasteiger partial charge < -0.3 is 10.5 Å². The lowest BCUT2D eigenvalue weighted by molar-refractivity contribution is 0.0999. The number of nitrogens with two attached hydrogens (primary N) is 1. The Morgan fingerprint density at radius 2 is 1.85 bits per heavy atom. The molecule has 0 saturated carbocycles. The Labute approximate surface area is 124 Å². The standard InChI is InChI=1S/C17H30N2O/c1-5-7-12-17(6-2,14-18)19(3)13-15-8-10-16(20-4)11-9-15/h8-11H,5-7,12-14,18H2,1-4H3. The van der Waals surface area contributed by atoms with E-state index in [9.17, 15) is 0 Å². The Hall–Kier alpha value is -1.06. The van der Waals surface area contributed by atoms with Crippen LogP contribution in [0.4, 0.5) is 0 Å². The van der Waals surface area contributed by atoms with Crippen LogP contribution in [0.2, 0.25) is 0 Å². The zero-order valence-electron chi connectivity index (χ0n) is 13.5. The van der Waals surface area contributed by atoms with Crippen LogP contribution >= 0.6 is 0 Å². The fraction of sp³-hybridized carbons (Fsp3) is 0.647. The highest BCUT2D eigenvalue weighted by Crippen LogP contribution is 2.26. The van der Waals surface area contributed by atoms with E-state index in [4.69, 9.17) is 10.5 Å². The van der Waals surface area contributed by atoms with Crippen LogP contribution in [0.1, 0.15) is 45.1 Å². The molecule has 0 radical (unpaired) electrons. The van der Waals surface area contributed by atoms with Crippen LogP contribution in [0.3, 0.4) is 0 Å². The van der Waals surface area contributed by atoms with Gasteiger partial charge in [0.05, 0.1) is 7.11 Å². The fourth-order valence-electron chi connectivity index (χ4n) is 2.72. The lowest BCUT2D eigenvalue weighted by Crippen LogP contribution is -2.51. The number of ether oxygens (including phenoxy) is 1. The van der Waals surface area contributed by atoms with Crippen LogP contribution in [0.15, 0.2) is 24.3 Å². The quantitative estimate of drug-likeness (QED) is 0.752.